The summed E-state index contributed by atoms with van der Waals surface area (Å²) in [6, 6.07) is 12.7. The first-order valence-electron chi connectivity index (χ1n) is 9.35. The molecule has 5 rings (SSSR count). The van der Waals surface area contributed by atoms with E-state index >= 15 is 0 Å². The van der Waals surface area contributed by atoms with E-state index in [4.69, 9.17) is 4.74 Å². The van der Waals surface area contributed by atoms with E-state index in [1.165, 1.54) is 0 Å². The van der Waals surface area contributed by atoms with Crippen molar-refractivity contribution in [2.75, 3.05) is 13.7 Å². The number of methoxy groups -OCH3 is 1. The second-order valence-corrected chi connectivity index (χ2v) is 8.08. The fourth-order valence-electron chi connectivity index (χ4n) is 4.28. The standard InChI is InChI=1S/C22H21F2NO2/c1-27-16-5-2-14(3-6-16)12-25-13-21(8-9-21)18-10-15(22(24)11-19(22)23)4-7-17(18)20(25)26/h2-7,10,19H,8-9,11-13H2,1H3/t19-,22+/m0/s1. The van der Waals surface area contributed by atoms with E-state index in [1.807, 2.05) is 29.2 Å². The third-order valence-electron chi connectivity index (χ3n) is 6.28. The average molecular weight is 369 g/mol. The summed E-state index contributed by atoms with van der Waals surface area (Å²) in [5, 5.41) is 0. The van der Waals surface area contributed by atoms with Crippen LogP contribution in [-0.4, -0.2) is 30.6 Å². The number of alkyl halides is 2. The van der Waals surface area contributed by atoms with Crippen LogP contribution < -0.4 is 4.74 Å². The Morgan fingerprint density at radius 2 is 1.89 bits per heavy atom. The maximum Gasteiger partial charge on any atom is 0.254 e. The number of halogens is 2. The Balaban J connectivity index is 1.45. The van der Waals surface area contributed by atoms with E-state index in [1.54, 1.807) is 25.3 Å². The molecule has 2 aromatic carbocycles. The highest BCUT2D eigenvalue weighted by Crippen LogP contribution is 2.56. The van der Waals surface area contributed by atoms with Crippen molar-refractivity contribution in [3.05, 3.63) is 64.7 Å². The summed E-state index contributed by atoms with van der Waals surface area (Å²) in [4.78, 5) is 14.9. The van der Waals surface area contributed by atoms with E-state index < -0.39 is 11.8 Å². The summed E-state index contributed by atoms with van der Waals surface area (Å²) < 4.78 is 33.2. The molecule has 140 valence electrons. The van der Waals surface area contributed by atoms with Gasteiger partial charge in [0.15, 0.2) is 5.67 Å². The third kappa shape index (κ3) is 2.55. The molecule has 0 N–H and O–H groups in total. The van der Waals surface area contributed by atoms with Crippen LogP contribution in [0.2, 0.25) is 0 Å². The molecule has 0 aromatic heterocycles. The molecule has 5 heteroatoms. The van der Waals surface area contributed by atoms with Crippen molar-refractivity contribution in [1.29, 1.82) is 0 Å². The lowest BCUT2D eigenvalue weighted by Gasteiger charge is -2.35. The average Bonchev–Trinajstić information content (AvgIpc) is 3.58. The molecule has 1 heterocycles. The summed E-state index contributed by atoms with van der Waals surface area (Å²) in [6.45, 7) is 1.16. The number of carbonyl (C=O) groups excluding carboxylic acids is 1. The zero-order chi connectivity index (χ0) is 18.8. The molecule has 0 bridgehead atoms. The minimum absolute atomic E-state index is 0.0367. The Labute approximate surface area is 156 Å². The van der Waals surface area contributed by atoms with E-state index in [0.717, 1.165) is 29.7 Å². The van der Waals surface area contributed by atoms with Gasteiger partial charge in [0, 0.05) is 30.5 Å². The van der Waals surface area contributed by atoms with Crippen LogP contribution in [0.1, 0.15) is 46.3 Å². The van der Waals surface area contributed by atoms with E-state index in [0.29, 0.717) is 24.2 Å². The number of rotatable bonds is 4. The van der Waals surface area contributed by atoms with Gasteiger partial charge in [-0.15, -0.1) is 0 Å². The second kappa shape index (κ2) is 5.54. The van der Waals surface area contributed by atoms with Crippen molar-refractivity contribution >= 4 is 5.91 Å². The Kier molecular flexibility index (Phi) is 3.43. The molecule has 2 aromatic rings. The number of carbonyl (C=O) groups is 1. The smallest absolute Gasteiger partial charge is 0.254 e. The topological polar surface area (TPSA) is 29.5 Å². The highest BCUT2D eigenvalue weighted by Gasteiger charge is 2.59. The van der Waals surface area contributed by atoms with Crippen molar-refractivity contribution in [2.45, 2.75) is 43.1 Å². The third-order valence-corrected chi connectivity index (χ3v) is 6.28. The van der Waals surface area contributed by atoms with Gasteiger partial charge >= 0.3 is 0 Å². The maximum absolute atomic E-state index is 14.5. The molecule has 1 aliphatic heterocycles. The molecular weight excluding hydrogens is 348 g/mol. The lowest BCUT2D eigenvalue weighted by molar-refractivity contribution is 0.0698. The fraction of sp³-hybridized carbons (Fsp3) is 0.409. The van der Waals surface area contributed by atoms with Gasteiger partial charge in [0.1, 0.15) is 11.9 Å². The molecule has 1 spiro atoms. The largest absolute Gasteiger partial charge is 0.497 e. The van der Waals surface area contributed by atoms with Crippen molar-refractivity contribution in [3.8, 4) is 5.75 Å². The highest BCUT2D eigenvalue weighted by molar-refractivity contribution is 5.98. The van der Waals surface area contributed by atoms with Gasteiger partial charge in [0.05, 0.1) is 7.11 Å². The van der Waals surface area contributed by atoms with Crippen LogP contribution in [0.25, 0.3) is 0 Å². The molecule has 2 aliphatic carbocycles. The van der Waals surface area contributed by atoms with Crippen molar-refractivity contribution in [2.24, 2.45) is 0 Å². The summed E-state index contributed by atoms with van der Waals surface area (Å²) in [6.07, 6.45) is 0.468. The molecule has 2 saturated carbocycles. The SMILES string of the molecule is COc1ccc(CN2CC3(CC3)c3cc([C@]4(F)C[C@@H]4F)ccc3C2=O)cc1. The summed E-state index contributed by atoms with van der Waals surface area (Å²) >= 11 is 0. The highest BCUT2D eigenvalue weighted by atomic mass is 19.2. The van der Waals surface area contributed by atoms with Crippen LogP contribution in [-0.2, 0) is 17.6 Å². The summed E-state index contributed by atoms with van der Waals surface area (Å²) in [5.41, 5.74) is 1.03. The van der Waals surface area contributed by atoms with Crippen LogP contribution in [0.3, 0.4) is 0 Å². The molecule has 1 amide bonds. The van der Waals surface area contributed by atoms with Gasteiger partial charge in [-0.1, -0.05) is 24.3 Å². The zero-order valence-corrected chi connectivity index (χ0v) is 15.2. The Hall–Kier alpha value is -2.43. The molecule has 3 nitrogen and oxygen atoms in total. The van der Waals surface area contributed by atoms with Gasteiger partial charge in [-0.05, 0) is 47.7 Å². The predicted octanol–water partition coefficient (Wildman–Crippen LogP) is 4.29. The molecule has 2 atom stereocenters. The molecular formula is C22H21F2NO2. The van der Waals surface area contributed by atoms with Gasteiger partial charge < -0.3 is 9.64 Å². The Morgan fingerprint density at radius 3 is 2.48 bits per heavy atom. The van der Waals surface area contributed by atoms with Crippen LogP contribution in [0, 0.1) is 0 Å². The van der Waals surface area contributed by atoms with Gasteiger partial charge in [0.25, 0.3) is 5.91 Å². The predicted molar refractivity (Wildman–Crippen MR) is 97.4 cm³/mol. The first-order chi connectivity index (χ1) is 12.9. The number of fused-ring (bicyclic) bond motifs is 2. The maximum atomic E-state index is 14.5. The minimum atomic E-state index is -1.85. The minimum Gasteiger partial charge on any atom is -0.497 e. The number of nitrogens with zero attached hydrogens (tertiary/aromatic N) is 1. The lowest BCUT2D eigenvalue weighted by atomic mass is 9.84. The first kappa shape index (κ1) is 16.7. The molecule has 0 saturated heterocycles. The second-order valence-electron chi connectivity index (χ2n) is 8.08. The van der Waals surface area contributed by atoms with Gasteiger partial charge in [0.2, 0.25) is 0 Å². The van der Waals surface area contributed by atoms with Crippen LogP contribution in [0.4, 0.5) is 8.78 Å². The summed E-state index contributed by atoms with van der Waals surface area (Å²) in [5.74, 6) is 0.747. The number of ether oxygens (including phenoxy) is 1. The normalized spacial score (nSPS) is 27.4. The Bertz CT molecular complexity index is 922. The molecule has 27 heavy (non-hydrogen) atoms. The summed E-state index contributed by atoms with van der Waals surface area (Å²) in [7, 11) is 1.62. The van der Waals surface area contributed by atoms with Crippen molar-refractivity contribution in [3.63, 3.8) is 0 Å². The van der Waals surface area contributed by atoms with Crippen molar-refractivity contribution in [1.82, 2.24) is 4.90 Å². The molecule has 0 radical (unpaired) electrons. The molecule has 3 aliphatic rings. The van der Waals surface area contributed by atoms with Crippen molar-refractivity contribution < 1.29 is 18.3 Å². The van der Waals surface area contributed by atoms with E-state index in [-0.39, 0.29) is 17.7 Å². The molecule has 2 fully saturated rings. The quantitative estimate of drug-likeness (QED) is 0.805. The van der Waals surface area contributed by atoms with Crippen LogP contribution >= 0.6 is 0 Å². The number of amides is 1. The number of hydrogen-bond donors (Lipinski definition) is 0. The number of benzene rings is 2. The van der Waals surface area contributed by atoms with Gasteiger partial charge in [-0.2, -0.15) is 0 Å². The first-order valence-corrected chi connectivity index (χ1v) is 9.35. The van der Waals surface area contributed by atoms with E-state index in [9.17, 15) is 13.6 Å². The van der Waals surface area contributed by atoms with Gasteiger partial charge in [-0.3, -0.25) is 4.79 Å². The molecule has 0 unspecified atom stereocenters. The lowest BCUT2D eigenvalue weighted by Crippen LogP contribution is -2.43. The zero-order valence-electron chi connectivity index (χ0n) is 15.2. The fourth-order valence-corrected chi connectivity index (χ4v) is 4.28. The van der Waals surface area contributed by atoms with E-state index in [2.05, 4.69) is 0 Å². The Morgan fingerprint density at radius 1 is 1.19 bits per heavy atom. The number of hydrogen-bond acceptors (Lipinski definition) is 2. The monoisotopic (exact) mass is 369 g/mol. The van der Waals surface area contributed by atoms with Gasteiger partial charge in [-0.25, -0.2) is 8.78 Å². The van der Waals surface area contributed by atoms with Crippen LogP contribution in [0.15, 0.2) is 42.5 Å². The van der Waals surface area contributed by atoms with Crippen LogP contribution in [0.5, 0.6) is 5.75 Å².